The molecule has 0 atom stereocenters. The first-order chi connectivity index (χ1) is 11.7. The molecule has 1 aromatic rings. The molecule has 2 fully saturated rings. The van der Waals surface area contributed by atoms with Gasteiger partial charge in [-0.15, -0.1) is 0 Å². The van der Waals surface area contributed by atoms with E-state index in [4.69, 9.17) is 0 Å². The Bertz CT molecular complexity index is 511. The number of aromatic nitrogens is 2. The number of carbonyl (C=O) groups is 1. The van der Waals surface area contributed by atoms with Crippen LogP contribution in [0.5, 0.6) is 0 Å². The number of urea groups is 1. The van der Waals surface area contributed by atoms with Gasteiger partial charge in [-0.2, -0.15) is 0 Å². The molecule has 7 heteroatoms. The van der Waals surface area contributed by atoms with E-state index in [0.717, 1.165) is 51.5 Å². The Morgan fingerprint density at radius 1 is 1.21 bits per heavy atom. The van der Waals surface area contributed by atoms with Crippen LogP contribution in [-0.2, 0) is 0 Å². The topological polar surface area (TPSA) is 64.6 Å². The SMILES string of the molecule is CN(C(=O)NCCN1CCN(c2ncccn2)CC1)C1CCCC1. The molecule has 1 aliphatic heterocycles. The molecule has 0 aromatic carbocycles. The fraction of sp³-hybridized carbons (Fsp3) is 0.706. The molecular weight excluding hydrogens is 304 g/mol. The van der Waals surface area contributed by atoms with Gasteiger partial charge < -0.3 is 15.1 Å². The standard InChI is InChI=1S/C17H28N6O/c1-21(15-5-2-3-6-15)17(24)20-9-10-22-11-13-23(14-12-22)16-18-7-4-8-19-16/h4,7-8,15H,2-3,5-6,9-14H2,1H3,(H,20,24). The van der Waals surface area contributed by atoms with E-state index in [1.165, 1.54) is 12.8 Å². The lowest BCUT2D eigenvalue weighted by atomic mass is 10.2. The molecule has 0 bridgehead atoms. The summed E-state index contributed by atoms with van der Waals surface area (Å²) >= 11 is 0. The molecule has 2 amide bonds. The summed E-state index contributed by atoms with van der Waals surface area (Å²) in [7, 11) is 1.92. The third-order valence-electron chi connectivity index (χ3n) is 5.10. The van der Waals surface area contributed by atoms with Gasteiger partial charge in [0.2, 0.25) is 5.95 Å². The van der Waals surface area contributed by atoms with E-state index in [9.17, 15) is 4.79 Å². The summed E-state index contributed by atoms with van der Waals surface area (Å²) in [6.45, 7) is 5.42. The van der Waals surface area contributed by atoms with Gasteiger partial charge in [-0.25, -0.2) is 14.8 Å². The second kappa shape index (κ2) is 8.28. The van der Waals surface area contributed by atoms with Gasteiger partial charge >= 0.3 is 6.03 Å². The van der Waals surface area contributed by atoms with Crippen LogP contribution < -0.4 is 10.2 Å². The molecular formula is C17H28N6O. The minimum Gasteiger partial charge on any atom is -0.338 e. The summed E-state index contributed by atoms with van der Waals surface area (Å²) in [6, 6.07) is 2.34. The molecule has 0 radical (unpaired) electrons. The Labute approximate surface area is 144 Å². The van der Waals surface area contributed by atoms with Crippen molar-refractivity contribution in [1.29, 1.82) is 0 Å². The highest BCUT2D eigenvalue weighted by Gasteiger charge is 2.23. The molecule has 1 N–H and O–H groups in total. The maximum atomic E-state index is 12.2. The Balaban J connectivity index is 1.34. The number of carbonyl (C=O) groups excluding carboxylic acids is 1. The fourth-order valence-corrected chi connectivity index (χ4v) is 3.53. The van der Waals surface area contributed by atoms with E-state index in [-0.39, 0.29) is 6.03 Å². The molecule has 1 saturated carbocycles. The monoisotopic (exact) mass is 332 g/mol. The minimum atomic E-state index is 0.0678. The Kier molecular flexibility index (Phi) is 5.85. The van der Waals surface area contributed by atoms with Crippen molar-refractivity contribution in [2.45, 2.75) is 31.7 Å². The second-order valence-corrected chi connectivity index (χ2v) is 6.66. The molecule has 1 saturated heterocycles. The van der Waals surface area contributed by atoms with Crippen LogP contribution in [0.3, 0.4) is 0 Å². The van der Waals surface area contributed by atoms with Crippen LogP contribution in [0.15, 0.2) is 18.5 Å². The van der Waals surface area contributed by atoms with Crippen LogP contribution in [0.1, 0.15) is 25.7 Å². The molecule has 2 heterocycles. The Morgan fingerprint density at radius 2 is 1.88 bits per heavy atom. The van der Waals surface area contributed by atoms with E-state index >= 15 is 0 Å². The number of hydrogen-bond acceptors (Lipinski definition) is 5. The molecule has 24 heavy (non-hydrogen) atoms. The number of nitrogens with zero attached hydrogens (tertiary/aromatic N) is 5. The second-order valence-electron chi connectivity index (χ2n) is 6.66. The van der Waals surface area contributed by atoms with Crippen LogP contribution in [-0.4, -0.2) is 78.2 Å². The summed E-state index contributed by atoms with van der Waals surface area (Å²) < 4.78 is 0. The van der Waals surface area contributed by atoms with Gasteiger partial charge in [-0.3, -0.25) is 4.90 Å². The first kappa shape index (κ1) is 17.0. The quantitative estimate of drug-likeness (QED) is 0.877. The first-order valence-electron chi connectivity index (χ1n) is 8.99. The molecule has 1 aliphatic carbocycles. The molecule has 0 spiro atoms. The number of rotatable bonds is 5. The van der Waals surface area contributed by atoms with Gasteiger partial charge in [0.1, 0.15) is 0 Å². The Hall–Kier alpha value is -1.89. The van der Waals surface area contributed by atoms with Gasteiger partial charge in [-0.05, 0) is 18.9 Å². The van der Waals surface area contributed by atoms with Gasteiger partial charge in [0.05, 0.1) is 0 Å². The maximum absolute atomic E-state index is 12.2. The van der Waals surface area contributed by atoms with E-state index < -0.39 is 0 Å². The predicted molar refractivity (Wildman–Crippen MR) is 94.1 cm³/mol. The molecule has 0 unspecified atom stereocenters. The van der Waals surface area contributed by atoms with Crippen molar-refractivity contribution in [2.24, 2.45) is 0 Å². The van der Waals surface area contributed by atoms with E-state index in [0.29, 0.717) is 12.6 Å². The van der Waals surface area contributed by atoms with E-state index in [1.807, 2.05) is 18.0 Å². The number of piperazine rings is 1. The third-order valence-corrected chi connectivity index (χ3v) is 5.10. The Morgan fingerprint density at radius 3 is 2.54 bits per heavy atom. The average Bonchev–Trinajstić information content (AvgIpc) is 3.17. The molecule has 1 aromatic heterocycles. The molecule has 132 valence electrons. The molecule has 2 aliphatic rings. The number of nitrogens with one attached hydrogen (secondary N) is 1. The normalized spacial score (nSPS) is 19.5. The van der Waals surface area contributed by atoms with Crippen LogP contribution in [0.25, 0.3) is 0 Å². The summed E-state index contributed by atoms with van der Waals surface area (Å²) in [6.07, 6.45) is 8.35. The highest BCUT2D eigenvalue weighted by molar-refractivity contribution is 5.74. The predicted octanol–water partition coefficient (Wildman–Crippen LogP) is 1.18. The van der Waals surface area contributed by atoms with E-state index in [2.05, 4.69) is 25.1 Å². The zero-order valence-corrected chi connectivity index (χ0v) is 14.5. The number of anilines is 1. The number of hydrogen-bond donors (Lipinski definition) is 1. The zero-order chi connectivity index (χ0) is 16.8. The third kappa shape index (κ3) is 4.35. The van der Waals surface area contributed by atoms with Crippen molar-refractivity contribution in [1.82, 2.24) is 25.1 Å². The van der Waals surface area contributed by atoms with Crippen molar-refractivity contribution >= 4 is 12.0 Å². The number of amides is 2. The van der Waals surface area contributed by atoms with Gasteiger partial charge in [0, 0.05) is 64.8 Å². The first-order valence-corrected chi connectivity index (χ1v) is 8.99. The van der Waals surface area contributed by atoms with E-state index in [1.54, 1.807) is 12.4 Å². The molecule has 3 rings (SSSR count). The largest absolute Gasteiger partial charge is 0.338 e. The average molecular weight is 332 g/mol. The fourth-order valence-electron chi connectivity index (χ4n) is 3.53. The summed E-state index contributed by atoms with van der Waals surface area (Å²) in [5.41, 5.74) is 0. The van der Waals surface area contributed by atoms with Crippen molar-refractivity contribution in [3.05, 3.63) is 18.5 Å². The van der Waals surface area contributed by atoms with Crippen LogP contribution in [0.4, 0.5) is 10.7 Å². The van der Waals surface area contributed by atoms with Gasteiger partial charge in [-0.1, -0.05) is 12.8 Å². The minimum absolute atomic E-state index is 0.0678. The summed E-state index contributed by atoms with van der Waals surface area (Å²) in [4.78, 5) is 27.3. The summed E-state index contributed by atoms with van der Waals surface area (Å²) in [5, 5.41) is 3.06. The lowest BCUT2D eigenvalue weighted by Crippen LogP contribution is -2.50. The van der Waals surface area contributed by atoms with Crippen molar-refractivity contribution in [3.63, 3.8) is 0 Å². The van der Waals surface area contributed by atoms with Crippen molar-refractivity contribution < 1.29 is 4.79 Å². The lowest BCUT2D eigenvalue weighted by molar-refractivity contribution is 0.187. The highest BCUT2D eigenvalue weighted by atomic mass is 16.2. The smallest absolute Gasteiger partial charge is 0.317 e. The van der Waals surface area contributed by atoms with Gasteiger partial charge in [0.25, 0.3) is 0 Å². The zero-order valence-electron chi connectivity index (χ0n) is 14.5. The van der Waals surface area contributed by atoms with Crippen LogP contribution in [0.2, 0.25) is 0 Å². The molecule has 7 nitrogen and oxygen atoms in total. The van der Waals surface area contributed by atoms with Crippen molar-refractivity contribution in [2.75, 3.05) is 51.2 Å². The van der Waals surface area contributed by atoms with Crippen LogP contribution >= 0.6 is 0 Å². The van der Waals surface area contributed by atoms with Gasteiger partial charge in [0.15, 0.2) is 0 Å². The summed E-state index contributed by atoms with van der Waals surface area (Å²) in [5.74, 6) is 0.809. The lowest BCUT2D eigenvalue weighted by Gasteiger charge is -2.34. The van der Waals surface area contributed by atoms with Crippen LogP contribution in [0, 0.1) is 0 Å². The maximum Gasteiger partial charge on any atom is 0.317 e. The highest BCUT2D eigenvalue weighted by Crippen LogP contribution is 2.22. The van der Waals surface area contributed by atoms with Crippen molar-refractivity contribution in [3.8, 4) is 0 Å².